The summed E-state index contributed by atoms with van der Waals surface area (Å²) >= 11 is 6.79. The Bertz CT molecular complexity index is 1320. The first kappa shape index (κ1) is 23.5. The van der Waals surface area contributed by atoms with Crippen LogP contribution < -0.4 is 5.69 Å². The Morgan fingerprint density at radius 2 is 1.89 bits per heavy atom. The molecule has 1 aliphatic rings. The van der Waals surface area contributed by atoms with Crippen molar-refractivity contribution in [3.8, 4) is 22.6 Å². The molecule has 3 aromatic heterocycles. The van der Waals surface area contributed by atoms with Gasteiger partial charge in [-0.15, -0.1) is 5.10 Å². The molecule has 1 fully saturated rings. The van der Waals surface area contributed by atoms with E-state index in [1.807, 2.05) is 45.5 Å². The number of pyridine rings is 1. The molecule has 1 aliphatic carbocycles. The van der Waals surface area contributed by atoms with E-state index >= 15 is 0 Å². The second-order valence-electron chi connectivity index (χ2n) is 9.32. The number of rotatable bonds is 8. The minimum Gasteiger partial charge on any atom is -0.290 e. The Morgan fingerprint density at radius 3 is 2.60 bits per heavy atom. The van der Waals surface area contributed by atoms with Gasteiger partial charge < -0.3 is 0 Å². The zero-order valence-corrected chi connectivity index (χ0v) is 20.7. The SMILES string of the molecule is CCCc1c(Cl)n(CC2CCCCC2)c(=O)n1Cc1ccc(-c2ncccc2-c2nnn[nH]2)cc1. The molecule has 1 N–H and O–H groups in total. The fourth-order valence-electron chi connectivity index (χ4n) is 5.09. The van der Waals surface area contributed by atoms with E-state index in [4.69, 9.17) is 11.6 Å². The van der Waals surface area contributed by atoms with E-state index in [1.54, 1.807) is 6.20 Å². The molecule has 1 aromatic carbocycles. The second kappa shape index (κ2) is 10.6. The molecule has 182 valence electrons. The maximum Gasteiger partial charge on any atom is 0.329 e. The number of benzene rings is 1. The van der Waals surface area contributed by atoms with Crippen LogP contribution in [0.3, 0.4) is 0 Å². The average Bonchev–Trinajstić information content (AvgIpc) is 3.51. The Balaban J connectivity index is 1.42. The molecule has 5 rings (SSSR count). The number of nitrogens with zero attached hydrogens (tertiary/aromatic N) is 6. The monoisotopic (exact) mass is 491 g/mol. The lowest BCUT2D eigenvalue weighted by Gasteiger charge is -2.21. The van der Waals surface area contributed by atoms with Gasteiger partial charge in [0.2, 0.25) is 0 Å². The van der Waals surface area contributed by atoms with E-state index in [9.17, 15) is 4.79 Å². The number of nitrogens with one attached hydrogen (secondary N) is 1. The highest BCUT2D eigenvalue weighted by Gasteiger charge is 2.22. The number of aromatic nitrogens is 7. The molecule has 4 aromatic rings. The first-order valence-corrected chi connectivity index (χ1v) is 12.8. The molecule has 9 heteroatoms. The first-order valence-electron chi connectivity index (χ1n) is 12.4. The molecule has 0 atom stereocenters. The van der Waals surface area contributed by atoms with Crippen molar-refractivity contribution in [2.75, 3.05) is 0 Å². The van der Waals surface area contributed by atoms with Crippen molar-refractivity contribution in [1.29, 1.82) is 0 Å². The number of H-pyrrole nitrogens is 1. The molecule has 1 saturated carbocycles. The van der Waals surface area contributed by atoms with Crippen LogP contribution in [0.15, 0.2) is 47.4 Å². The molecular weight excluding hydrogens is 462 g/mol. The molecule has 0 unspecified atom stereocenters. The largest absolute Gasteiger partial charge is 0.329 e. The highest BCUT2D eigenvalue weighted by molar-refractivity contribution is 6.30. The highest BCUT2D eigenvalue weighted by Crippen LogP contribution is 2.29. The van der Waals surface area contributed by atoms with Crippen LogP contribution in [0.25, 0.3) is 22.6 Å². The molecule has 0 aliphatic heterocycles. The van der Waals surface area contributed by atoms with Gasteiger partial charge in [0.1, 0.15) is 5.15 Å². The van der Waals surface area contributed by atoms with Crippen LogP contribution in [0.2, 0.25) is 5.15 Å². The zero-order valence-electron chi connectivity index (χ0n) is 20.0. The van der Waals surface area contributed by atoms with Crippen LogP contribution in [0, 0.1) is 5.92 Å². The predicted octanol–water partition coefficient (Wildman–Crippen LogP) is 5.13. The summed E-state index contributed by atoms with van der Waals surface area (Å²) in [5.74, 6) is 1.11. The third kappa shape index (κ3) is 4.93. The maximum absolute atomic E-state index is 13.4. The quantitative estimate of drug-likeness (QED) is 0.369. The molecule has 35 heavy (non-hydrogen) atoms. The van der Waals surface area contributed by atoms with E-state index in [1.165, 1.54) is 32.1 Å². The van der Waals surface area contributed by atoms with Crippen LogP contribution in [-0.4, -0.2) is 34.7 Å². The smallest absolute Gasteiger partial charge is 0.290 e. The van der Waals surface area contributed by atoms with Crippen molar-refractivity contribution in [1.82, 2.24) is 34.7 Å². The van der Waals surface area contributed by atoms with Gasteiger partial charge in [-0.25, -0.2) is 9.89 Å². The maximum atomic E-state index is 13.4. The predicted molar refractivity (Wildman–Crippen MR) is 136 cm³/mol. The number of hydrogen-bond acceptors (Lipinski definition) is 5. The van der Waals surface area contributed by atoms with Gasteiger partial charge >= 0.3 is 5.69 Å². The van der Waals surface area contributed by atoms with Crippen molar-refractivity contribution in [3.05, 3.63) is 69.5 Å². The van der Waals surface area contributed by atoms with E-state index in [2.05, 4.69) is 32.5 Å². The molecule has 0 bridgehead atoms. The van der Waals surface area contributed by atoms with Crippen molar-refractivity contribution < 1.29 is 0 Å². The lowest BCUT2D eigenvalue weighted by Crippen LogP contribution is -2.28. The topological polar surface area (TPSA) is 94.3 Å². The van der Waals surface area contributed by atoms with Gasteiger partial charge in [0.05, 0.1) is 17.9 Å². The lowest BCUT2D eigenvalue weighted by atomic mass is 9.89. The second-order valence-corrected chi connectivity index (χ2v) is 9.68. The van der Waals surface area contributed by atoms with Crippen molar-refractivity contribution in [2.24, 2.45) is 5.92 Å². The Morgan fingerprint density at radius 1 is 1.09 bits per heavy atom. The van der Waals surface area contributed by atoms with Gasteiger partial charge in [0.15, 0.2) is 5.82 Å². The number of hydrogen-bond donors (Lipinski definition) is 1. The van der Waals surface area contributed by atoms with Crippen LogP contribution >= 0.6 is 11.6 Å². The van der Waals surface area contributed by atoms with E-state index in [0.717, 1.165) is 47.5 Å². The van der Waals surface area contributed by atoms with Gasteiger partial charge in [-0.05, 0) is 53.3 Å². The van der Waals surface area contributed by atoms with Crippen LogP contribution in [-0.2, 0) is 19.5 Å². The summed E-state index contributed by atoms with van der Waals surface area (Å²) in [5.41, 5.74) is 4.55. The van der Waals surface area contributed by atoms with Gasteiger partial charge in [-0.1, -0.05) is 68.5 Å². The van der Waals surface area contributed by atoms with Gasteiger partial charge in [0, 0.05) is 23.9 Å². The minimum atomic E-state index is -0.00192. The summed E-state index contributed by atoms with van der Waals surface area (Å²) in [6.45, 7) is 3.33. The highest BCUT2D eigenvalue weighted by atomic mass is 35.5. The summed E-state index contributed by atoms with van der Waals surface area (Å²) in [6, 6.07) is 11.9. The zero-order chi connectivity index (χ0) is 24.2. The summed E-state index contributed by atoms with van der Waals surface area (Å²) in [4.78, 5) is 18.0. The van der Waals surface area contributed by atoms with Gasteiger partial charge in [0.25, 0.3) is 0 Å². The molecule has 0 radical (unpaired) electrons. The van der Waals surface area contributed by atoms with Crippen LogP contribution in [0.1, 0.15) is 56.7 Å². The molecule has 8 nitrogen and oxygen atoms in total. The number of tetrazole rings is 1. The average molecular weight is 492 g/mol. The Kier molecular flexibility index (Phi) is 7.08. The number of aromatic amines is 1. The first-order chi connectivity index (χ1) is 17.2. The van der Waals surface area contributed by atoms with E-state index in [-0.39, 0.29) is 5.69 Å². The fourth-order valence-corrected chi connectivity index (χ4v) is 5.42. The molecule has 0 saturated heterocycles. The van der Waals surface area contributed by atoms with E-state index in [0.29, 0.717) is 23.4 Å². The third-order valence-electron chi connectivity index (χ3n) is 6.89. The Hall–Kier alpha value is -3.26. The minimum absolute atomic E-state index is 0.00192. The van der Waals surface area contributed by atoms with Crippen LogP contribution in [0.4, 0.5) is 0 Å². The molecule has 0 amide bonds. The van der Waals surface area contributed by atoms with Gasteiger partial charge in [-0.2, -0.15) is 0 Å². The van der Waals surface area contributed by atoms with Crippen LogP contribution in [0.5, 0.6) is 0 Å². The lowest BCUT2D eigenvalue weighted by molar-refractivity contribution is 0.315. The standard InChI is InChI=1S/C26H30ClN7O/c1-2-7-22-24(27)34(17-18-8-4-3-5-9-18)26(35)33(22)16-19-11-13-20(14-12-19)23-21(10-6-15-28-23)25-29-31-32-30-25/h6,10-15,18H,2-5,7-9,16-17H2,1H3,(H,29,30,31,32). The summed E-state index contributed by atoms with van der Waals surface area (Å²) in [6.07, 6.45) is 9.62. The number of halogens is 1. The van der Waals surface area contributed by atoms with Crippen molar-refractivity contribution in [2.45, 2.75) is 65.0 Å². The molecular formula is C26H30ClN7O. The normalized spacial score (nSPS) is 14.5. The van der Waals surface area contributed by atoms with Crippen molar-refractivity contribution >= 4 is 11.6 Å². The Labute approximate surface area is 209 Å². The van der Waals surface area contributed by atoms with Gasteiger partial charge in [-0.3, -0.25) is 14.1 Å². The van der Waals surface area contributed by atoms with E-state index < -0.39 is 0 Å². The molecule has 3 heterocycles. The summed E-state index contributed by atoms with van der Waals surface area (Å²) < 4.78 is 3.67. The molecule has 0 spiro atoms. The summed E-state index contributed by atoms with van der Waals surface area (Å²) in [5, 5.41) is 14.8. The summed E-state index contributed by atoms with van der Waals surface area (Å²) in [7, 11) is 0. The van der Waals surface area contributed by atoms with Crippen molar-refractivity contribution in [3.63, 3.8) is 0 Å². The third-order valence-corrected chi connectivity index (χ3v) is 7.31. The fraction of sp³-hybridized carbons (Fsp3) is 0.423. The number of imidazole rings is 1.